The molecule has 2 nitrogen and oxygen atoms in total. The van der Waals surface area contributed by atoms with Crippen molar-refractivity contribution >= 4 is 0 Å². The van der Waals surface area contributed by atoms with Crippen molar-refractivity contribution in [1.29, 1.82) is 0 Å². The molecule has 0 amide bonds. The highest BCUT2D eigenvalue weighted by molar-refractivity contribution is 4.49. The highest BCUT2D eigenvalue weighted by Crippen LogP contribution is 2.12. The van der Waals surface area contributed by atoms with E-state index in [-0.39, 0.29) is 0 Å². The molecule has 0 aromatic rings. The largest absolute Gasteiger partial charge is 0.381 e. The van der Waals surface area contributed by atoms with Crippen LogP contribution in [0.25, 0.3) is 0 Å². The Morgan fingerprint density at radius 3 is 1.27 bits per heavy atom. The molecule has 0 aliphatic heterocycles. The molecule has 134 valence electrons. The van der Waals surface area contributed by atoms with Gasteiger partial charge in [0, 0.05) is 13.2 Å². The zero-order valence-electron chi connectivity index (χ0n) is 15.4. The number of unbranched alkanes of at least 4 members (excludes halogenated alkanes) is 14. The first-order chi connectivity index (χ1) is 10.9. The summed E-state index contributed by atoms with van der Waals surface area (Å²) in [6.07, 6.45) is 22.0. The molecule has 2 heteroatoms. The lowest BCUT2D eigenvalue weighted by molar-refractivity contribution is 0.126. The van der Waals surface area contributed by atoms with Gasteiger partial charge in [-0.3, -0.25) is 0 Å². The van der Waals surface area contributed by atoms with Crippen molar-refractivity contribution in [2.75, 3.05) is 19.8 Å². The van der Waals surface area contributed by atoms with Gasteiger partial charge < -0.3 is 10.5 Å². The van der Waals surface area contributed by atoms with Crippen LogP contribution < -0.4 is 5.73 Å². The van der Waals surface area contributed by atoms with Crippen LogP contribution >= 0.6 is 0 Å². The SMILES string of the molecule is CCCCCCCCCCCCCCCCOCCCCN. The van der Waals surface area contributed by atoms with Gasteiger partial charge in [0.05, 0.1) is 0 Å². The Bertz CT molecular complexity index is 165. The maximum atomic E-state index is 5.59. The minimum absolute atomic E-state index is 0.794. The second-order valence-corrected chi connectivity index (χ2v) is 6.70. The van der Waals surface area contributed by atoms with Gasteiger partial charge in [-0.2, -0.15) is 0 Å². The van der Waals surface area contributed by atoms with Crippen LogP contribution in [0.1, 0.15) is 110 Å². The number of rotatable bonds is 19. The molecule has 0 radical (unpaired) electrons. The van der Waals surface area contributed by atoms with Crippen LogP contribution in [0.2, 0.25) is 0 Å². The summed E-state index contributed by atoms with van der Waals surface area (Å²) in [4.78, 5) is 0. The average molecular weight is 314 g/mol. The van der Waals surface area contributed by atoms with E-state index in [4.69, 9.17) is 10.5 Å². The molecule has 0 spiro atoms. The van der Waals surface area contributed by atoms with Crippen LogP contribution in [0.15, 0.2) is 0 Å². The standard InChI is InChI=1S/C20H43NO/c1-2-3-4-5-6-7-8-9-10-11-12-13-14-16-19-22-20-17-15-18-21/h2-21H2,1H3. The fourth-order valence-corrected chi connectivity index (χ4v) is 2.85. The van der Waals surface area contributed by atoms with Gasteiger partial charge in [-0.15, -0.1) is 0 Å². The fourth-order valence-electron chi connectivity index (χ4n) is 2.85. The van der Waals surface area contributed by atoms with E-state index in [0.717, 1.165) is 32.6 Å². The lowest BCUT2D eigenvalue weighted by Gasteiger charge is -2.04. The lowest BCUT2D eigenvalue weighted by atomic mass is 10.0. The molecule has 0 aliphatic rings. The van der Waals surface area contributed by atoms with Gasteiger partial charge >= 0.3 is 0 Å². The summed E-state index contributed by atoms with van der Waals surface area (Å²) in [5.41, 5.74) is 5.44. The molecule has 0 saturated carbocycles. The van der Waals surface area contributed by atoms with Crippen molar-refractivity contribution < 1.29 is 4.74 Å². The molecule has 0 aliphatic carbocycles. The summed E-state index contributed by atoms with van der Waals surface area (Å²) in [5.74, 6) is 0. The zero-order chi connectivity index (χ0) is 16.1. The van der Waals surface area contributed by atoms with Crippen molar-refractivity contribution in [1.82, 2.24) is 0 Å². The van der Waals surface area contributed by atoms with Crippen molar-refractivity contribution in [2.45, 2.75) is 110 Å². The zero-order valence-corrected chi connectivity index (χ0v) is 15.4. The van der Waals surface area contributed by atoms with Gasteiger partial charge in [0.1, 0.15) is 0 Å². The van der Waals surface area contributed by atoms with E-state index in [9.17, 15) is 0 Å². The van der Waals surface area contributed by atoms with Crippen molar-refractivity contribution in [3.05, 3.63) is 0 Å². The molecular weight excluding hydrogens is 270 g/mol. The van der Waals surface area contributed by atoms with Crippen molar-refractivity contribution in [3.63, 3.8) is 0 Å². The minimum atomic E-state index is 0.794. The molecule has 0 bridgehead atoms. The maximum Gasteiger partial charge on any atom is 0.0466 e. The molecule has 0 unspecified atom stereocenters. The highest BCUT2D eigenvalue weighted by Gasteiger charge is 1.94. The first-order valence-electron chi connectivity index (χ1n) is 10.2. The van der Waals surface area contributed by atoms with E-state index in [1.807, 2.05) is 0 Å². The molecule has 2 N–H and O–H groups in total. The Hall–Kier alpha value is -0.0800. The molecule has 0 atom stereocenters. The first-order valence-corrected chi connectivity index (χ1v) is 10.2. The smallest absolute Gasteiger partial charge is 0.0466 e. The molecule has 0 aromatic heterocycles. The summed E-state index contributed by atoms with van der Waals surface area (Å²) < 4.78 is 5.59. The average Bonchev–Trinajstić information content (AvgIpc) is 2.54. The van der Waals surface area contributed by atoms with Crippen LogP contribution in [-0.4, -0.2) is 19.8 Å². The van der Waals surface area contributed by atoms with Gasteiger partial charge in [-0.25, -0.2) is 0 Å². The van der Waals surface area contributed by atoms with Gasteiger partial charge in [0.25, 0.3) is 0 Å². The topological polar surface area (TPSA) is 35.2 Å². The third kappa shape index (κ3) is 19.9. The molecular formula is C20H43NO. The van der Waals surface area contributed by atoms with Gasteiger partial charge in [0.2, 0.25) is 0 Å². The molecule has 0 heterocycles. The van der Waals surface area contributed by atoms with Crippen LogP contribution in [0.3, 0.4) is 0 Å². The maximum absolute atomic E-state index is 5.59. The number of nitrogens with two attached hydrogens (primary N) is 1. The molecule has 0 aromatic carbocycles. The van der Waals surface area contributed by atoms with Gasteiger partial charge in [0.15, 0.2) is 0 Å². The highest BCUT2D eigenvalue weighted by atomic mass is 16.5. The van der Waals surface area contributed by atoms with E-state index < -0.39 is 0 Å². The normalized spacial score (nSPS) is 11.2. The Morgan fingerprint density at radius 1 is 0.500 bits per heavy atom. The van der Waals surface area contributed by atoms with Crippen molar-refractivity contribution in [2.24, 2.45) is 5.73 Å². The summed E-state index contributed by atoms with van der Waals surface area (Å²) in [7, 11) is 0. The van der Waals surface area contributed by atoms with Crippen LogP contribution in [0.4, 0.5) is 0 Å². The van der Waals surface area contributed by atoms with Crippen LogP contribution in [0.5, 0.6) is 0 Å². The Kier molecular flexibility index (Phi) is 20.8. The Labute approximate surface area is 140 Å². The lowest BCUT2D eigenvalue weighted by Crippen LogP contribution is -2.02. The number of ether oxygens (including phenoxy) is 1. The fraction of sp³-hybridized carbons (Fsp3) is 1.00. The summed E-state index contributed by atoms with van der Waals surface area (Å²) in [5, 5.41) is 0. The van der Waals surface area contributed by atoms with Crippen LogP contribution in [-0.2, 0) is 4.74 Å². The number of hydrogen-bond acceptors (Lipinski definition) is 2. The Balaban J connectivity index is 2.91. The van der Waals surface area contributed by atoms with E-state index in [1.165, 1.54) is 89.9 Å². The van der Waals surface area contributed by atoms with E-state index >= 15 is 0 Å². The number of hydrogen-bond donors (Lipinski definition) is 1. The quantitative estimate of drug-likeness (QED) is 0.287. The first kappa shape index (κ1) is 21.9. The van der Waals surface area contributed by atoms with Crippen molar-refractivity contribution in [3.8, 4) is 0 Å². The molecule has 0 rings (SSSR count). The van der Waals surface area contributed by atoms with Gasteiger partial charge in [-0.1, -0.05) is 90.4 Å². The van der Waals surface area contributed by atoms with Gasteiger partial charge in [-0.05, 0) is 25.8 Å². The third-order valence-electron chi connectivity index (χ3n) is 4.39. The molecule has 0 saturated heterocycles. The third-order valence-corrected chi connectivity index (χ3v) is 4.39. The van der Waals surface area contributed by atoms with Crippen LogP contribution in [0, 0.1) is 0 Å². The summed E-state index contributed by atoms with van der Waals surface area (Å²) in [6, 6.07) is 0. The second-order valence-electron chi connectivity index (χ2n) is 6.70. The predicted octanol–water partition coefficient (Wildman–Crippen LogP) is 6.22. The summed E-state index contributed by atoms with van der Waals surface area (Å²) >= 11 is 0. The minimum Gasteiger partial charge on any atom is -0.381 e. The molecule has 0 fully saturated rings. The Morgan fingerprint density at radius 2 is 0.864 bits per heavy atom. The van der Waals surface area contributed by atoms with E-state index in [2.05, 4.69) is 6.92 Å². The predicted molar refractivity (Wildman–Crippen MR) is 99.4 cm³/mol. The van der Waals surface area contributed by atoms with E-state index in [0.29, 0.717) is 0 Å². The summed E-state index contributed by atoms with van der Waals surface area (Å²) in [6.45, 7) is 4.93. The van der Waals surface area contributed by atoms with E-state index in [1.54, 1.807) is 0 Å². The molecule has 22 heavy (non-hydrogen) atoms. The second kappa shape index (κ2) is 20.9. The monoisotopic (exact) mass is 313 g/mol.